The molecule has 27 heavy (non-hydrogen) atoms. The van der Waals surface area contributed by atoms with Gasteiger partial charge < -0.3 is 9.26 Å². The van der Waals surface area contributed by atoms with Crippen molar-refractivity contribution in [2.45, 2.75) is 17.5 Å². The lowest BCUT2D eigenvalue weighted by atomic mass is 10.2. The molecule has 4 aromatic rings. The summed E-state index contributed by atoms with van der Waals surface area (Å²) in [6.45, 7) is 1.24. The van der Waals surface area contributed by atoms with Gasteiger partial charge in [0.15, 0.2) is 11.0 Å². The fourth-order valence-corrected chi connectivity index (χ4v) is 3.97. The molecule has 9 heteroatoms. The van der Waals surface area contributed by atoms with E-state index >= 15 is 0 Å². The molecule has 0 amide bonds. The van der Waals surface area contributed by atoms with Crippen molar-refractivity contribution in [2.75, 3.05) is 13.7 Å². The fraction of sp³-hybridized carbons (Fsp3) is 0.222. The molecule has 0 bridgehead atoms. The average molecular weight is 400 g/mol. The minimum Gasteiger partial charge on any atom is -0.383 e. The van der Waals surface area contributed by atoms with E-state index in [9.17, 15) is 0 Å². The van der Waals surface area contributed by atoms with Gasteiger partial charge in [0.2, 0.25) is 11.7 Å². The van der Waals surface area contributed by atoms with E-state index in [-0.39, 0.29) is 0 Å². The van der Waals surface area contributed by atoms with E-state index in [0.717, 1.165) is 22.1 Å². The van der Waals surface area contributed by atoms with E-state index in [4.69, 9.17) is 9.26 Å². The largest absolute Gasteiger partial charge is 0.383 e. The highest BCUT2D eigenvalue weighted by Crippen LogP contribution is 2.27. The van der Waals surface area contributed by atoms with Crippen molar-refractivity contribution in [2.24, 2.45) is 0 Å². The predicted octanol–water partition coefficient (Wildman–Crippen LogP) is 4.00. The van der Waals surface area contributed by atoms with Gasteiger partial charge in [0.05, 0.1) is 18.9 Å². The number of hydrogen-bond donors (Lipinski definition) is 0. The van der Waals surface area contributed by atoms with Crippen LogP contribution in [0.2, 0.25) is 0 Å². The number of rotatable bonds is 8. The minimum absolute atomic E-state index is 0.525. The molecule has 0 aliphatic heterocycles. The van der Waals surface area contributed by atoms with Crippen LogP contribution in [0.4, 0.5) is 0 Å². The van der Waals surface area contributed by atoms with Gasteiger partial charge in [-0.25, -0.2) is 0 Å². The van der Waals surface area contributed by atoms with Crippen LogP contribution in [0.3, 0.4) is 0 Å². The molecule has 138 valence electrons. The normalized spacial score (nSPS) is 11.1. The Bertz CT molecular complexity index is 983. The van der Waals surface area contributed by atoms with Gasteiger partial charge in [0, 0.05) is 23.6 Å². The third-order valence-electron chi connectivity index (χ3n) is 3.84. The van der Waals surface area contributed by atoms with E-state index in [1.165, 1.54) is 11.8 Å². The van der Waals surface area contributed by atoms with Gasteiger partial charge in [-0.3, -0.25) is 4.57 Å². The smallest absolute Gasteiger partial charge is 0.237 e. The molecule has 0 fully saturated rings. The van der Waals surface area contributed by atoms with Gasteiger partial charge in [0.25, 0.3) is 0 Å². The molecule has 0 N–H and O–H groups in total. The van der Waals surface area contributed by atoms with Crippen LogP contribution in [-0.4, -0.2) is 38.6 Å². The average Bonchev–Trinajstić information content (AvgIpc) is 3.45. The molecule has 0 aliphatic carbocycles. The van der Waals surface area contributed by atoms with Gasteiger partial charge in [0.1, 0.15) is 0 Å². The van der Waals surface area contributed by atoms with Crippen molar-refractivity contribution < 1.29 is 9.26 Å². The standard InChI is InChI=1S/C18H17N5O2S2/c1-24-9-8-23-17(13-5-3-2-4-6-13)20-21-18(23)27-12-15-19-16(22-25-15)14-7-10-26-11-14/h2-7,10-11H,8-9,12H2,1H3. The first-order chi connectivity index (χ1) is 13.3. The molecule has 4 rings (SSSR count). The van der Waals surface area contributed by atoms with E-state index in [2.05, 4.69) is 24.9 Å². The summed E-state index contributed by atoms with van der Waals surface area (Å²) in [4.78, 5) is 4.45. The number of hydrogen-bond acceptors (Lipinski definition) is 8. The third-order valence-corrected chi connectivity index (χ3v) is 5.47. The molecule has 0 unspecified atom stereocenters. The number of aromatic nitrogens is 5. The second-order valence-corrected chi connectivity index (χ2v) is 7.35. The zero-order valence-electron chi connectivity index (χ0n) is 14.6. The van der Waals surface area contributed by atoms with Gasteiger partial charge in [-0.2, -0.15) is 16.3 Å². The zero-order chi connectivity index (χ0) is 18.5. The molecule has 0 saturated heterocycles. The number of ether oxygens (including phenoxy) is 1. The number of methoxy groups -OCH3 is 1. The molecule has 0 radical (unpaired) electrons. The van der Waals surface area contributed by atoms with E-state index in [1.807, 2.05) is 47.2 Å². The Morgan fingerprint density at radius 2 is 2.04 bits per heavy atom. The first-order valence-electron chi connectivity index (χ1n) is 8.30. The summed E-state index contributed by atoms with van der Waals surface area (Å²) >= 11 is 3.12. The van der Waals surface area contributed by atoms with Crippen molar-refractivity contribution in [1.82, 2.24) is 24.9 Å². The second-order valence-electron chi connectivity index (χ2n) is 5.63. The monoisotopic (exact) mass is 399 g/mol. The summed E-state index contributed by atoms with van der Waals surface area (Å²) in [6.07, 6.45) is 0. The molecule has 0 spiro atoms. The van der Waals surface area contributed by atoms with E-state index in [0.29, 0.717) is 30.6 Å². The van der Waals surface area contributed by atoms with Crippen molar-refractivity contribution in [1.29, 1.82) is 0 Å². The summed E-state index contributed by atoms with van der Waals surface area (Å²) in [5.74, 6) is 2.51. The molecule has 1 aromatic carbocycles. The first kappa shape index (κ1) is 17.9. The summed E-state index contributed by atoms with van der Waals surface area (Å²) in [6, 6.07) is 12.0. The lowest BCUT2D eigenvalue weighted by Crippen LogP contribution is -2.07. The molecular weight excluding hydrogens is 382 g/mol. The Balaban J connectivity index is 1.52. The minimum atomic E-state index is 0.525. The molecule has 0 saturated carbocycles. The summed E-state index contributed by atoms with van der Waals surface area (Å²) < 4.78 is 12.7. The van der Waals surface area contributed by atoms with Gasteiger partial charge in [-0.05, 0) is 11.4 Å². The number of thiophene rings is 1. The Morgan fingerprint density at radius 3 is 2.81 bits per heavy atom. The second kappa shape index (κ2) is 8.47. The molecule has 3 heterocycles. The summed E-state index contributed by atoms with van der Waals surface area (Å²) in [7, 11) is 1.68. The maximum absolute atomic E-state index is 5.36. The molecule has 7 nitrogen and oxygen atoms in total. The SMILES string of the molecule is COCCn1c(SCc2nc(-c3ccsc3)no2)nnc1-c1ccccc1. The van der Waals surface area contributed by atoms with Crippen LogP contribution < -0.4 is 0 Å². The number of benzene rings is 1. The summed E-state index contributed by atoms with van der Waals surface area (Å²) in [5, 5.41) is 17.5. The summed E-state index contributed by atoms with van der Waals surface area (Å²) in [5.41, 5.74) is 1.99. The van der Waals surface area contributed by atoms with Gasteiger partial charge >= 0.3 is 0 Å². The quantitative estimate of drug-likeness (QED) is 0.414. The van der Waals surface area contributed by atoms with Crippen LogP contribution in [0, 0.1) is 0 Å². The van der Waals surface area contributed by atoms with Gasteiger partial charge in [-0.15, -0.1) is 10.2 Å². The Kier molecular flexibility index (Phi) is 5.61. The number of thioether (sulfide) groups is 1. The topological polar surface area (TPSA) is 78.9 Å². The lowest BCUT2D eigenvalue weighted by Gasteiger charge is -2.09. The molecule has 3 aromatic heterocycles. The van der Waals surface area contributed by atoms with E-state index < -0.39 is 0 Å². The van der Waals surface area contributed by atoms with Crippen LogP contribution in [0.1, 0.15) is 5.89 Å². The van der Waals surface area contributed by atoms with Gasteiger partial charge in [-0.1, -0.05) is 47.3 Å². The molecular formula is C18H17N5O2S2. The van der Waals surface area contributed by atoms with Crippen LogP contribution in [0.15, 0.2) is 56.8 Å². The maximum atomic E-state index is 5.36. The van der Waals surface area contributed by atoms with Crippen LogP contribution in [0.5, 0.6) is 0 Å². The zero-order valence-corrected chi connectivity index (χ0v) is 16.2. The lowest BCUT2D eigenvalue weighted by molar-refractivity contribution is 0.185. The highest BCUT2D eigenvalue weighted by Gasteiger charge is 2.16. The third kappa shape index (κ3) is 4.10. The maximum Gasteiger partial charge on any atom is 0.237 e. The Morgan fingerprint density at radius 1 is 1.15 bits per heavy atom. The van der Waals surface area contributed by atoms with E-state index in [1.54, 1.807) is 18.4 Å². The van der Waals surface area contributed by atoms with Crippen molar-refractivity contribution in [3.8, 4) is 22.8 Å². The fourth-order valence-electron chi connectivity index (χ4n) is 2.53. The van der Waals surface area contributed by atoms with Crippen molar-refractivity contribution in [3.05, 3.63) is 53.0 Å². The van der Waals surface area contributed by atoms with Crippen molar-refractivity contribution in [3.63, 3.8) is 0 Å². The number of nitrogens with zero attached hydrogens (tertiary/aromatic N) is 5. The molecule has 0 aliphatic rings. The first-order valence-corrected chi connectivity index (χ1v) is 10.2. The van der Waals surface area contributed by atoms with Crippen LogP contribution >= 0.6 is 23.1 Å². The highest BCUT2D eigenvalue weighted by molar-refractivity contribution is 7.98. The van der Waals surface area contributed by atoms with Crippen LogP contribution in [-0.2, 0) is 17.0 Å². The Labute approximate surface area is 164 Å². The van der Waals surface area contributed by atoms with Crippen molar-refractivity contribution >= 4 is 23.1 Å². The molecule has 0 atom stereocenters. The highest BCUT2D eigenvalue weighted by atomic mass is 32.2. The Hall–Kier alpha value is -2.49. The predicted molar refractivity (Wildman–Crippen MR) is 105 cm³/mol. The van der Waals surface area contributed by atoms with Crippen LogP contribution in [0.25, 0.3) is 22.8 Å².